The molecule has 8 nitrogen and oxygen atoms in total. The van der Waals surface area contributed by atoms with Crippen LogP contribution in [0.3, 0.4) is 0 Å². The van der Waals surface area contributed by atoms with Gasteiger partial charge in [0.25, 0.3) is 0 Å². The van der Waals surface area contributed by atoms with Gasteiger partial charge in [-0.05, 0) is 55.3 Å². The molecule has 0 spiro atoms. The quantitative estimate of drug-likeness (QED) is 0.542. The van der Waals surface area contributed by atoms with Gasteiger partial charge >= 0.3 is 0 Å². The van der Waals surface area contributed by atoms with Gasteiger partial charge in [-0.1, -0.05) is 0 Å². The van der Waals surface area contributed by atoms with E-state index in [0.717, 1.165) is 58.1 Å². The Hall–Kier alpha value is -2.01. The predicted octanol–water partition coefficient (Wildman–Crippen LogP) is 3.77. The second-order valence-electron chi connectivity index (χ2n) is 7.20. The molecule has 148 valence electrons. The lowest BCUT2D eigenvalue weighted by Crippen LogP contribution is -2.37. The summed E-state index contributed by atoms with van der Waals surface area (Å²) in [5, 5.41) is 8.99. The average molecular weight is 493 g/mol. The molecule has 0 amide bonds. The second-order valence-corrected chi connectivity index (χ2v) is 8.23. The zero-order valence-electron chi connectivity index (χ0n) is 16.3. The summed E-state index contributed by atoms with van der Waals surface area (Å²) >= 11 is 2.25. The zero-order chi connectivity index (χ0) is 19.7. The molecule has 9 heteroatoms. The van der Waals surface area contributed by atoms with Crippen LogP contribution in [0.4, 0.5) is 17.6 Å². The summed E-state index contributed by atoms with van der Waals surface area (Å²) in [6.07, 6.45) is 5.97. The summed E-state index contributed by atoms with van der Waals surface area (Å²) in [7, 11) is 1.78. The summed E-state index contributed by atoms with van der Waals surface area (Å²) in [5.74, 6) is 2.21. The largest absolute Gasteiger partial charge is 0.381 e. The summed E-state index contributed by atoms with van der Waals surface area (Å²) < 4.78 is 8.43. The lowest BCUT2D eigenvalue weighted by Gasteiger charge is -2.31. The second kappa shape index (κ2) is 8.16. The normalized spacial score (nSPS) is 15.5. The number of ether oxygens (including phenoxy) is 1. The van der Waals surface area contributed by atoms with E-state index in [4.69, 9.17) is 4.74 Å². The fourth-order valence-corrected chi connectivity index (χ4v) is 4.10. The number of methoxy groups -OCH3 is 1. The Balaban J connectivity index is 1.55. The third-order valence-corrected chi connectivity index (χ3v) is 5.79. The topological polar surface area (TPSA) is 81.0 Å². The van der Waals surface area contributed by atoms with Crippen LogP contribution < -0.4 is 10.2 Å². The monoisotopic (exact) mass is 493 g/mol. The first-order valence-corrected chi connectivity index (χ1v) is 10.5. The number of fused-ring (bicyclic) bond motifs is 1. The number of hydrogen-bond donors (Lipinski definition) is 1. The molecule has 1 fully saturated rings. The zero-order valence-corrected chi connectivity index (χ0v) is 18.4. The van der Waals surface area contributed by atoms with E-state index >= 15 is 0 Å². The number of rotatable bonds is 5. The molecule has 1 aliphatic rings. The molecule has 1 N–H and O–H groups in total. The standard InChI is InChI=1S/C19H24IN7O/c1-12(2)27-15-10-17(22-11-14(15)18(20)25-27)23-16-4-7-21-19(24-16)26-8-5-13(28-3)6-9-26/h4,7,10-13H,5-6,8-9H2,1-3H3,(H,21,22,23,24). The highest BCUT2D eigenvalue weighted by Crippen LogP contribution is 2.26. The SMILES string of the molecule is COC1CCN(c2nccc(Nc3cc4c(cn3)c(I)nn4C(C)C)n2)CC1. The molecule has 0 atom stereocenters. The van der Waals surface area contributed by atoms with E-state index in [1.165, 1.54) is 0 Å². The van der Waals surface area contributed by atoms with E-state index < -0.39 is 0 Å². The van der Waals surface area contributed by atoms with Crippen LogP contribution in [-0.4, -0.2) is 51.0 Å². The van der Waals surface area contributed by atoms with Gasteiger partial charge < -0.3 is 15.0 Å². The van der Waals surface area contributed by atoms with Crippen molar-refractivity contribution in [3.05, 3.63) is 28.2 Å². The Morgan fingerprint density at radius 1 is 1.21 bits per heavy atom. The molecule has 28 heavy (non-hydrogen) atoms. The minimum Gasteiger partial charge on any atom is -0.381 e. The van der Waals surface area contributed by atoms with E-state index in [9.17, 15) is 0 Å². The first-order chi connectivity index (χ1) is 13.5. The maximum Gasteiger partial charge on any atom is 0.227 e. The van der Waals surface area contributed by atoms with Crippen LogP contribution in [0.5, 0.6) is 0 Å². The number of nitrogens with one attached hydrogen (secondary N) is 1. The number of nitrogens with zero attached hydrogens (tertiary/aromatic N) is 6. The maximum absolute atomic E-state index is 5.45. The van der Waals surface area contributed by atoms with Crippen LogP contribution in [0.1, 0.15) is 32.7 Å². The lowest BCUT2D eigenvalue weighted by molar-refractivity contribution is 0.0816. The first kappa shape index (κ1) is 19.3. The fourth-order valence-electron chi connectivity index (χ4n) is 3.45. The number of anilines is 3. The van der Waals surface area contributed by atoms with Crippen molar-refractivity contribution < 1.29 is 4.74 Å². The number of pyridine rings is 1. The van der Waals surface area contributed by atoms with Crippen LogP contribution in [0.2, 0.25) is 0 Å². The highest BCUT2D eigenvalue weighted by Gasteiger charge is 2.20. The van der Waals surface area contributed by atoms with Crippen molar-refractivity contribution >= 4 is 51.1 Å². The van der Waals surface area contributed by atoms with Gasteiger partial charge in [-0.15, -0.1) is 0 Å². The van der Waals surface area contributed by atoms with E-state index in [0.29, 0.717) is 6.10 Å². The Morgan fingerprint density at radius 3 is 2.71 bits per heavy atom. The van der Waals surface area contributed by atoms with Crippen LogP contribution in [0.25, 0.3) is 10.9 Å². The Morgan fingerprint density at radius 2 is 2.00 bits per heavy atom. The average Bonchev–Trinajstić information content (AvgIpc) is 3.04. The minimum atomic E-state index is 0.280. The van der Waals surface area contributed by atoms with Crippen LogP contribution in [0, 0.1) is 3.70 Å². The van der Waals surface area contributed by atoms with Gasteiger partial charge in [-0.3, -0.25) is 4.68 Å². The molecule has 1 aliphatic heterocycles. The summed E-state index contributed by atoms with van der Waals surface area (Å²) in [6, 6.07) is 4.17. The maximum atomic E-state index is 5.45. The van der Waals surface area contributed by atoms with Gasteiger partial charge in [0.2, 0.25) is 5.95 Å². The van der Waals surface area contributed by atoms with Gasteiger partial charge in [0, 0.05) is 44.7 Å². The molecule has 1 saturated heterocycles. The Bertz CT molecular complexity index is 966. The van der Waals surface area contributed by atoms with Gasteiger partial charge in [0.05, 0.1) is 17.0 Å². The smallest absolute Gasteiger partial charge is 0.227 e. The number of piperidine rings is 1. The number of aromatic nitrogens is 5. The summed E-state index contributed by atoms with van der Waals surface area (Å²) in [6.45, 7) is 6.05. The van der Waals surface area contributed by atoms with Crippen molar-refractivity contribution in [1.29, 1.82) is 0 Å². The molecule has 0 unspecified atom stereocenters. The molecule has 0 aliphatic carbocycles. The Kier molecular flexibility index (Phi) is 5.63. The summed E-state index contributed by atoms with van der Waals surface area (Å²) in [5.41, 5.74) is 1.06. The fraction of sp³-hybridized carbons (Fsp3) is 0.474. The number of halogens is 1. The van der Waals surface area contributed by atoms with E-state index in [-0.39, 0.29) is 6.04 Å². The summed E-state index contributed by atoms with van der Waals surface area (Å²) in [4.78, 5) is 15.9. The third-order valence-electron chi connectivity index (χ3n) is 4.99. The van der Waals surface area contributed by atoms with Gasteiger partial charge in [-0.2, -0.15) is 10.1 Å². The van der Waals surface area contributed by atoms with Crippen molar-refractivity contribution in [2.45, 2.75) is 38.8 Å². The predicted molar refractivity (Wildman–Crippen MR) is 118 cm³/mol. The van der Waals surface area contributed by atoms with E-state index in [2.05, 4.69) is 66.7 Å². The lowest BCUT2D eigenvalue weighted by atomic mass is 10.1. The molecule has 0 bridgehead atoms. The van der Waals surface area contributed by atoms with Gasteiger partial charge in [0.15, 0.2) is 0 Å². The van der Waals surface area contributed by atoms with Gasteiger partial charge in [-0.25, -0.2) is 9.97 Å². The van der Waals surface area contributed by atoms with Crippen LogP contribution >= 0.6 is 22.6 Å². The number of hydrogen-bond acceptors (Lipinski definition) is 7. The molecule has 0 radical (unpaired) electrons. The molecule has 4 heterocycles. The first-order valence-electron chi connectivity index (χ1n) is 9.46. The minimum absolute atomic E-state index is 0.280. The van der Waals surface area contributed by atoms with Crippen molar-refractivity contribution in [2.24, 2.45) is 0 Å². The highest BCUT2D eigenvalue weighted by molar-refractivity contribution is 14.1. The molecular weight excluding hydrogens is 469 g/mol. The van der Waals surface area contributed by atoms with Gasteiger partial charge in [0.1, 0.15) is 15.3 Å². The molecule has 3 aromatic rings. The van der Waals surface area contributed by atoms with Crippen LogP contribution in [-0.2, 0) is 4.74 Å². The van der Waals surface area contributed by atoms with Crippen molar-refractivity contribution in [2.75, 3.05) is 30.4 Å². The molecule has 0 aromatic carbocycles. The Labute approximate surface area is 177 Å². The van der Waals surface area contributed by atoms with Crippen molar-refractivity contribution in [1.82, 2.24) is 24.7 Å². The molecule has 3 aromatic heterocycles. The molecule has 4 rings (SSSR count). The van der Waals surface area contributed by atoms with Crippen molar-refractivity contribution in [3.8, 4) is 0 Å². The molecule has 0 saturated carbocycles. The van der Waals surface area contributed by atoms with E-state index in [1.54, 1.807) is 13.3 Å². The highest BCUT2D eigenvalue weighted by atomic mass is 127. The van der Waals surface area contributed by atoms with Crippen molar-refractivity contribution in [3.63, 3.8) is 0 Å². The third kappa shape index (κ3) is 3.90. The molecular formula is C19H24IN7O. The van der Waals surface area contributed by atoms with E-state index in [1.807, 2.05) is 23.0 Å². The van der Waals surface area contributed by atoms with Crippen LogP contribution in [0.15, 0.2) is 24.5 Å².